The van der Waals surface area contributed by atoms with Gasteiger partial charge in [0.05, 0.1) is 6.61 Å². The molecule has 1 heterocycles. The highest BCUT2D eigenvalue weighted by Crippen LogP contribution is 2.23. The molecule has 0 aromatic carbocycles. The summed E-state index contributed by atoms with van der Waals surface area (Å²) in [6.07, 6.45) is 0.969. The summed E-state index contributed by atoms with van der Waals surface area (Å²) in [5.41, 5.74) is -0.0475. The molecule has 0 amide bonds. The van der Waals surface area contributed by atoms with E-state index in [9.17, 15) is 0 Å². The summed E-state index contributed by atoms with van der Waals surface area (Å²) in [5, 5.41) is 0.150. The fourth-order valence-electron chi connectivity index (χ4n) is 1.17. The highest BCUT2D eigenvalue weighted by atomic mass is 35.5. The number of nitrogens with zero attached hydrogens (tertiary/aromatic N) is 4. The quantitative estimate of drug-likeness (QED) is 0.812. The molecule has 0 unspecified atom stereocenters. The average molecular weight is 259 g/mol. The van der Waals surface area contributed by atoms with Crippen molar-refractivity contribution in [3.8, 4) is 6.01 Å². The lowest BCUT2D eigenvalue weighted by Crippen LogP contribution is -2.41. The van der Waals surface area contributed by atoms with Gasteiger partial charge in [-0.05, 0) is 38.8 Å². The van der Waals surface area contributed by atoms with Crippen LogP contribution in [-0.4, -0.2) is 34.1 Å². The van der Waals surface area contributed by atoms with E-state index in [4.69, 9.17) is 16.3 Å². The molecule has 6 heteroatoms. The van der Waals surface area contributed by atoms with Crippen molar-refractivity contribution < 1.29 is 4.74 Å². The molecular formula is C11H19ClN4O. The molecule has 0 aliphatic heterocycles. The van der Waals surface area contributed by atoms with E-state index in [1.165, 1.54) is 0 Å². The van der Waals surface area contributed by atoms with Crippen LogP contribution in [0.4, 0.5) is 5.95 Å². The third-order valence-corrected chi connectivity index (χ3v) is 3.09. The number of hydrogen-bond acceptors (Lipinski definition) is 5. The first-order valence-electron chi connectivity index (χ1n) is 5.69. The van der Waals surface area contributed by atoms with Gasteiger partial charge < -0.3 is 9.64 Å². The summed E-state index contributed by atoms with van der Waals surface area (Å²) in [4.78, 5) is 14.2. The average Bonchev–Trinajstić information content (AvgIpc) is 2.27. The van der Waals surface area contributed by atoms with Gasteiger partial charge in [0.1, 0.15) is 0 Å². The van der Waals surface area contributed by atoms with E-state index in [0.717, 1.165) is 6.42 Å². The summed E-state index contributed by atoms with van der Waals surface area (Å²) in [6, 6.07) is 0.265. The Labute approximate surface area is 107 Å². The summed E-state index contributed by atoms with van der Waals surface area (Å²) >= 11 is 5.85. The van der Waals surface area contributed by atoms with Crippen molar-refractivity contribution in [2.24, 2.45) is 0 Å². The maximum absolute atomic E-state index is 5.85. The number of anilines is 1. The Balaban J connectivity index is 3.05. The van der Waals surface area contributed by atoms with Crippen LogP contribution in [0.15, 0.2) is 0 Å². The predicted octanol–water partition coefficient (Wildman–Crippen LogP) is 2.55. The summed E-state index contributed by atoms with van der Waals surface area (Å²) in [5.74, 6) is 0.528. The Morgan fingerprint density at radius 1 is 1.24 bits per heavy atom. The molecule has 0 atom stereocenters. The summed E-state index contributed by atoms with van der Waals surface area (Å²) in [7, 11) is 1.94. The van der Waals surface area contributed by atoms with Gasteiger partial charge in [0.15, 0.2) is 0 Å². The molecule has 1 aromatic rings. The Hall–Kier alpha value is -1.10. The number of rotatable bonds is 5. The molecule has 0 saturated carbocycles. The van der Waals surface area contributed by atoms with Gasteiger partial charge in [-0.15, -0.1) is 0 Å². The van der Waals surface area contributed by atoms with Crippen LogP contribution in [0.2, 0.25) is 5.28 Å². The molecule has 1 rings (SSSR count). The van der Waals surface area contributed by atoms with E-state index in [1.54, 1.807) is 0 Å². The Kier molecular flexibility index (Phi) is 4.51. The molecular weight excluding hydrogens is 240 g/mol. The highest BCUT2D eigenvalue weighted by Gasteiger charge is 2.24. The minimum absolute atomic E-state index is 0.0475. The van der Waals surface area contributed by atoms with Crippen LogP contribution in [0.25, 0.3) is 0 Å². The normalized spacial score (nSPS) is 11.4. The molecule has 5 nitrogen and oxygen atoms in total. The molecule has 0 fully saturated rings. The Bertz CT molecular complexity index is 384. The van der Waals surface area contributed by atoms with E-state index in [1.807, 2.05) is 18.9 Å². The predicted molar refractivity (Wildman–Crippen MR) is 68.8 cm³/mol. The number of halogens is 1. The lowest BCUT2D eigenvalue weighted by Gasteiger charge is -2.34. The first kappa shape index (κ1) is 14.0. The van der Waals surface area contributed by atoms with Gasteiger partial charge in [0, 0.05) is 12.6 Å². The molecule has 0 spiro atoms. The fraction of sp³-hybridized carbons (Fsp3) is 0.727. The second-order valence-electron chi connectivity index (χ2n) is 4.35. The summed E-state index contributed by atoms with van der Waals surface area (Å²) < 4.78 is 5.25. The van der Waals surface area contributed by atoms with Crippen molar-refractivity contribution in [2.45, 2.75) is 39.7 Å². The number of aromatic nitrogens is 3. The van der Waals surface area contributed by atoms with E-state index in [2.05, 4.69) is 35.7 Å². The van der Waals surface area contributed by atoms with E-state index >= 15 is 0 Å². The fourth-order valence-corrected chi connectivity index (χ4v) is 1.32. The Morgan fingerprint density at radius 2 is 1.88 bits per heavy atom. The van der Waals surface area contributed by atoms with E-state index in [0.29, 0.717) is 12.6 Å². The van der Waals surface area contributed by atoms with Gasteiger partial charge in [-0.25, -0.2) is 0 Å². The standard InChI is InChI=1S/C11H19ClN4O/c1-6-11(3,4)16(5)9-13-8(12)14-10(15-9)17-7-2/h6-7H2,1-5H3. The van der Waals surface area contributed by atoms with Gasteiger partial charge in [-0.1, -0.05) is 6.92 Å². The van der Waals surface area contributed by atoms with Crippen LogP contribution in [0.5, 0.6) is 6.01 Å². The smallest absolute Gasteiger partial charge is 0.322 e. The maximum Gasteiger partial charge on any atom is 0.322 e. The zero-order valence-corrected chi connectivity index (χ0v) is 11.7. The first-order chi connectivity index (χ1) is 7.90. The van der Waals surface area contributed by atoms with E-state index < -0.39 is 0 Å². The lowest BCUT2D eigenvalue weighted by molar-refractivity contribution is 0.310. The van der Waals surface area contributed by atoms with Gasteiger partial charge in [-0.2, -0.15) is 15.0 Å². The zero-order chi connectivity index (χ0) is 13.1. The Morgan fingerprint density at radius 3 is 2.41 bits per heavy atom. The van der Waals surface area contributed by atoms with Gasteiger partial charge >= 0.3 is 6.01 Å². The minimum atomic E-state index is -0.0475. The molecule has 0 radical (unpaired) electrons. The van der Waals surface area contributed by atoms with Gasteiger partial charge in [-0.3, -0.25) is 0 Å². The van der Waals surface area contributed by atoms with Crippen molar-refractivity contribution in [1.29, 1.82) is 0 Å². The maximum atomic E-state index is 5.85. The molecule has 0 aliphatic rings. The van der Waals surface area contributed by atoms with Crippen LogP contribution in [0.3, 0.4) is 0 Å². The molecule has 96 valence electrons. The topological polar surface area (TPSA) is 51.1 Å². The number of hydrogen-bond donors (Lipinski definition) is 0. The van der Waals surface area contributed by atoms with Crippen molar-refractivity contribution in [3.05, 3.63) is 5.28 Å². The van der Waals surface area contributed by atoms with Gasteiger partial charge in [0.2, 0.25) is 11.2 Å². The molecule has 1 aromatic heterocycles. The van der Waals surface area contributed by atoms with Crippen molar-refractivity contribution in [2.75, 3.05) is 18.6 Å². The monoisotopic (exact) mass is 258 g/mol. The largest absolute Gasteiger partial charge is 0.464 e. The van der Waals surface area contributed by atoms with Crippen molar-refractivity contribution >= 4 is 17.5 Å². The molecule has 17 heavy (non-hydrogen) atoms. The third-order valence-electron chi connectivity index (χ3n) is 2.92. The molecule has 0 N–H and O–H groups in total. The highest BCUT2D eigenvalue weighted by molar-refractivity contribution is 6.28. The molecule has 0 aliphatic carbocycles. The molecule has 0 saturated heterocycles. The second-order valence-corrected chi connectivity index (χ2v) is 4.68. The first-order valence-corrected chi connectivity index (χ1v) is 6.06. The van der Waals surface area contributed by atoms with Crippen molar-refractivity contribution in [1.82, 2.24) is 15.0 Å². The van der Waals surface area contributed by atoms with E-state index in [-0.39, 0.29) is 16.8 Å². The lowest BCUT2D eigenvalue weighted by atomic mass is 10.0. The van der Waals surface area contributed by atoms with Crippen LogP contribution >= 0.6 is 11.6 Å². The van der Waals surface area contributed by atoms with Gasteiger partial charge in [0.25, 0.3) is 0 Å². The van der Waals surface area contributed by atoms with Crippen molar-refractivity contribution in [3.63, 3.8) is 0 Å². The van der Waals surface area contributed by atoms with Crippen LogP contribution in [0.1, 0.15) is 34.1 Å². The zero-order valence-electron chi connectivity index (χ0n) is 11.0. The van der Waals surface area contributed by atoms with Crippen LogP contribution in [0, 0.1) is 0 Å². The minimum Gasteiger partial charge on any atom is -0.464 e. The number of ether oxygens (including phenoxy) is 1. The molecule has 0 bridgehead atoms. The van der Waals surface area contributed by atoms with Crippen LogP contribution in [-0.2, 0) is 0 Å². The third kappa shape index (κ3) is 3.43. The second kappa shape index (κ2) is 5.49. The van der Waals surface area contributed by atoms with Crippen LogP contribution < -0.4 is 9.64 Å². The SMILES string of the molecule is CCOc1nc(Cl)nc(N(C)C(C)(C)CC)n1. The summed E-state index contributed by atoms with van der Waals surface area (Å²) in [6.45, 7) is 8.72.